The second-order valence-electron chi connectivity index (χ2n) is 4.55. The minimum atomic E-state index is -0.694. The highest BCUT2D eigenvalue weighted by Crippen LogP contribution is 2.36. The van der Waals surface area contributed by atoms with Crippen LogP contribution in [0.5, 0.6) is 0 Å². The first kappa shape index (κ1) is 13.1. The lowest BCUT2D eigenvalue weighted by Gasteiger charge is -2.34. The van der Waals surface area contributed by atoms with E-state index in [2.05, 4.69) is 24.9 Å². The van der Waals surface area contributed by atoms with Crippen molar-refractivity contribution in [3.8, 4) is 0 Å². The molecule has 2 nitrogen and oxygen atoms in total. The lowest BCUT2D eigenvalue weighted by molar-refractivity contribution is -0.237. The molecule has 0 aliphatic carbocycles. The summed E-state index contributed by atoms with van der Waals surface area (Å²) in [5, 5.41) is 7.38. The van der Waals surface area contributed by atoms with Gasteiger partial charge in [0, 0.05) is 0 Å². The maximum Gasteiger partial charge on any atom is 0.0791 e. The molecule has 3 heteroatoms. The molecule has 1 unspecified atom stereocenters. The summed E-state index contributed by atoms with van der Waals surface area (Å²) < 4.78 is 0. The molecule has 1 N–H and O–H groups in total. The molecule has 1 saturated heterocycles. The predicted molar refractivity (Wildman–Crippen MR) is 59.8 cm³/mol. The molecule has 0 aromatic carbocycles. The maximum atomic E-state index is 7.38. The van der Waals surface area contributed by atoms with Crippen LogP contribution in [0.2, 0.25) is 24.7 Å². The smallest absolute Gasteiger partial charge is 0.0791 e. The third-order valence-electron chi connectivity index (χ3n) is 3.17. The van der Waals surface area contributed by atoms with Gasteiger partial charge in [0.05, 0.1) is 14.7 Å². The van der Waals surface area contributed by atoms with Crippen LogP contribution in [-0.2, 0) is 4.89 Å². The van der Waals surface area contributed by atoms with Crippen LogP contribution in [-0.4, -0.2) is 19.9 Å². The third-order valence-corrected chi connectivity index (χ3v) is 7.77. The molecule has 13 heavy (non-hydrogen) atoms. The Morgan fingerprint density at radius 3 is 2.15 bits per heavy atom. The molecule has 1 aliphatic heterocycles. The van der Waals surface area contributed by atoms with E-state index in [0.717, 1.165) is 5.54 Å². The third kappa shape index (κ3) is 5.44. The molecule has 1 rings (SSSR count). The summed E-state index contributed by atoms with van der Waals surface area (Å²) >= 11 is 0. The molecule has 0 radical (unpaired) electrons. The van der Waals surface area contributed by atoms with Crippen molar-refractivity contribution < 1.29 is 10.1 Å². The zero-order valence-electron chi connectivity index (χ0n) is 9.47. The van der Waals surface area contributed by atoms with E-state index in [1.54, 1.807) is 13.0 Å². The summed E-state index contributed by atoms with van der Waals surface area (Å²) in [6.07, 6.45) is 4.53. The van der Waals surface area contributed by atoms with Crippen molar-refractivity contribution in [1.82, 2.24) is 0 Å². The van der Waals surface area contributed by atoms with Gasteiger partial charge in [-0.25, -0.2) is 4.89 Å². The SMILES string of the molecule is CC1CCCC[Si]1(C)C.CCOO. The van der Waals surface area contributed by atoms with Crippen LogP contribution in [0.25, 0.3) is 0 Å². The Morgan fingerprint density at radius 1 is 1.38 bits per heavy atom. The van der Waals surface area contributed by atoms with Crippen molar-refractivity contribution in [1.29, 1.82) is 0 Å². The highest BCUT2D eigenvalue weighted by Gasteiger charge is 2.30. The van der Waals surface area contributed by atoms with E-state index in [1.165, 1.54) is 19.3 Å². The van der Waals surface area contributed by atoms with E-state index >= 15 is 0 Å². The van der Waals surface area contributed by atoms with Gasteiger partial charge in [0.15, 0.2) is 0 Å². The summed E-state index contributed by atoms with van der Waals surface area (Å²) in [4.78, 5) is 3.54. The molecule has 0 saturated carbocycles. The molecule has 0 aromatic rings. The minimum Gasteiger partial charge on any atom is -0.252 e. The quantitative estimate of drug-likeness (QED) is 0.400. The number of rotatable bonds is 1. The predicted octanol–water partition coefficient (Wildman–Crippen LogP) is 3.76. The molecule has 0 amide bonds. The van der Waals surface area contributed by atoms with Gasteiger partial charge in [0.2, 0.25) is 0 Å². The monoisotopic (exact) mass is 204 g/mol. The van der Waals surface area contributed by atoms with Gasteiger partial charge >= 0.3 is 0 Å². The summed E-state index contributed by atoms with van der Waals surface area (Å²) in [7, 11) is -0.694. The Hall–Kier alpha value is 0.137. The van der Waals surface area contributed by atoms with E-state index in [9.17, 15) is 0 Å². The first-order chi connectivity index (χ1) is 6.04. The lowest BCUT2D eigenvalue weighted by atomic mass is 10.2. The fourth-order valence-electron chi connectivity index (χ4n) is 1.67. The van der Waals surface area contributed by atoms with Gasteiger partial charge < -0.3 is 0 Å². The first-order valence-electron chi connectivity index (χ1n) is 5.31. The zero-order chi connectivity index (χ0) is 10.3. The van der Waals surface area contributed by atoms with Crippen LogP contribution >= 0.6 is 0 Å². The van der Waals surface area contributed by atoms with Crippen LogP contribution in [0.1, 0.15) is 33.1 Å². The summed E-state index contributed by atoms with van der Waals surface area (Å²) in [5.41, 5.74) is 1.09. The molecule has 0 aromatic heterocycles. The summed E-state index contributed by atoms with van der Waals surface area (Å²) in [5.74, 6) is 0. The van der Waals surface area contributed by atoms with Gasteiger partial charge in [-0.05, 0) is 12.5 Å². The van der Waals surface area contributed by atoms with Crippen molar-refractivity contribution in [2.24, 2.45) is 0 Å². The Kier molecular flexibility index (Phi) is 6.64. The van der Waals surface area contributed by atoms with Gasteiger partial charge in [-0.2, -0.15) is 0 Å². The highest BCUT2D eigenvalue weighted by atomic mass is 28.3. The standard InChI is InChI=1S/C8H18Si.C2H6O2/c1-8-6-4-5-7-9(8,2)3;1-2-4-3/h8H,4-7H2,1-3H3;3H,2H2,1H3. The van der Waals surface area contributed by atoms with Gasteiger partial charge in [-0.3, -0.25) is 5.26 Å². The Balaban J connectivity index is 0.000000310. The molecule has 1 heterocycles. The Bertz CT molecular complexity index is 124. The van der Waals surface area contributed by atoms with E-state index in [1.807, 2.05) is 0 Å². The zero-order valence-corrected chi connectivity index (χ0v) is 10.5. The summed E-state index contributed by atoms with van der Waals surface area (Å²) in [6.45, 7) is 9.61. The van der Waals surface area contributed by atoms with Gasteiger partial charge in [0.1, 0.15) is 0 Å². The highest BCUT2D eigenvalue weighted by molar-refractivity contribution is 6.78. The average Bonchev–Trinajstić information content (AvgIpc) is 2.11. The average molecular weight is 204 g/mol. The molecule has 1 atom stereocenters. The topological polar surface area (TPSA) is 29.5 Å². The van der Waals surface area contributed by atoms with Crippen molar-refractivity contribution in [2.45, 2.75) is 57.8 Å². The minimum absolute atomic E-state index is 0.375. The number of hydrogen-bond acceptors (Lipinski definition) is 2. The molecular weight excluding hydrogens is 180 g/mol. The van der Waals surface area contributed by atoms with Crippen LogP contribution in [0, 0.1) is 0 Å². The molecular formula is C10H24O2Si. The van der Waals surface area contributed by atoms with Crippen molar-refractivity contribution in [2.75, 3.05) is 6.61 Å². The maximum absolute atomic E-state index is 7.38. The molecule has 1 aliphatic rings. The van der Waals surface area contributed by atoms with Gasteiger partial charge in [-0.1, -0.05) is 45.3 Å². The largest absolute Gasteiger partial charge is 0.252 e. The Labute approximate surface area is 83.2 Å². The molecule has 0 spiro atoms. The molecule has 80 valence electrons. The number of hydrogen-bond donors (Lipinski definition) is 1. The van der Waals surface area contributed by atoms with Crippen LogP contribution < -0.4 is 0 Å². The van der Waals surface area contributed by atoms with Gasteiger partial charge in [-0.15, -0.1) is 0 Å². The molecule has 0 bridgehead atoms. The second-order valence-corrected chi connectivity index (χ2v) is 10.0. The summed E-state index contributed by atoms with van der Waals surface area (Å²) in [6, 6.07) is 1.58. The fraction of sp³-hybridized carbons (Fsp3) is 1.00. The van der Waals surface area contributed by atoms with Crippen molar-refractivity contribution in [3.63, 3.8) is 0 Å². The fourth-order valence-corrected chi connectivity index (χ4v) is 4.31. The van der Waals surface area contributed by atoms with E-state index < -0.39 is 8.07 Å². The van der Waals surface area contributed by atoms with Gasteiger partial charge in [0.25, 0.3) is 0 Å². The van der Waals surface area contributed by atoms with E-state index in [4.69, 9.17) is 5.26 Å². The van der Waals surface area contributed by atoms with Crippen LogP contribution in [0.3, 0.4) is 0 Å². The Morgan fingerprint density at radius 2 is 1.92 bits per heavy atom. The van der Waals surface area contributed by atoms with E-state index in [0.29, 0.717) is 6.61 Å². The van der Waals surface area contributed by atoms with Crippen molar-refractivity contribution in [3.05, 3.63) is 0 Å². The first-order valence-corrected chi connectivity index (χ1v) is 8.59. The van der Waals surface area contributed by atoms with Crippen molar-refractivity contribution >= 4 is 8.07 Å². The second kappa shape index (κ2) is 6.57. The molecule has 1 fully saturated rings. The van der Waals surface area contributed by atoms with Crippen LogP contribution in [0.15, 0.2) is 0 Å². The lowest BCUT2D eigenvalue weighted by Crippen LogP contribution is -2.33. The van der Waals surface area contributed by atoms with E-state index in [-0.39, 0.29) is 0 Å². The normalized spacial score (nSPS) is 26.1. The van der Waals surface area contributed by atoms with Crippen LogP contribution in [0.4, 0.5) is 0 Å².